The first kappa shape index (κ1) is 13.9. The van der Waals surface area contributed by atoms with E-state index in [0.29, 0.717) is 24.1 Å². The molecule has 1 aromatic rings. The van der Waals surface area contributed by atoms with Gasteiger partial charge in [-0.05, 0) is 6.42 Å². The summed E-state index contributed by atoms with van der Waals surface area (Å²) in [5.74, 6) is -1.41. The number of carbonyl (C=O) groups is 2. The molecule has 1 heterocycles. The van der Waals surface area contributed by atoms with E-state index in [0.717, 1.165) is 0 Å². The maximum absolute atomic E-state index is 11.4. The first-order chi connectivity index (χ1) is 8.54. The number of amides is 1. The summed E-state index contributed by atoms with van der Waals surface area (Å²) in [7, 11) is 0. The van der Waals surface area contributed by atoms with Crippen LogP contribution < -0.4 is 10.2 Å². The Kier molecular flexibility index (Phi) is 5.04. The summed E-state index contributed by atoms with van der Waals surface area (Å²) in [6.07, 6.45) is 0.893. The number of aromatic nitrogens is 1. The first-order valence-corrected chi connectivity index (χ1v) is 5.62. The highest BCUT2D eigenvalue weighted by molar-refractivity contribution is 5.75. The standard InChI is InChI=1S/C11H16N2O5/c1-2-8(14)12-7-3-4-11(17)18-13-9(15)5-6-10(13)16/h5-6,15-16H,2-4,7H2,1H3,(H,12,14). The van der Waals surface area contributed by atoms with Crippen LogP contribution in [-0.4, -0.2) is 33.4 Å². The molecule has 100 valence electrons. The number of hydrogen-bond donors (Lipinski definition) is 3. The van der Waals surface area contributed by atoms with Gasteiger partial charge in [0.2, 0.25) is 17.7 Å². The SMILES string of the molecule is CCC(=O)NCCCC(=O)On1c(O)ccc1O. The van der Waals surface area contributed by atoms with Crippen LogP contribution in [0.25, 0.3) is 0 Å². The number of rotatable bonds is 6. The first-order valence-electron chi connectivity index (χ1n) is 5.62. The van der Waals surface area contributed by atoms with Gasteiger partial charge in [-0.2, -0.15) is 0 Å². The highest BCUT2D eigenvalue weighted by atomic mass is 16.7. The van der Waals surface area contributed by atoms with E-state index in [1.807, 2.05) is 0 Å². The lowest BCUT2D eigenvalue weighted by molar-refractivity contribution is -0.145. The van der Waals surface area contributed by atoms with Gasteiger partial charge in [-0.15, -0.1) is 4.73 Å². The second-order valence-electron chi connectivity index (χ2n) is 3.61. The minimum absolute atomic E-state index is 0.0705. The van der Waals surface area contributed by atoms with Gasteiger partial charge in [-0.3, -0.25) is 4.79 Å². The summed E-state index contributed by atoms with van der Waals surface area (Å²) >= 11 is 0. The van der Waals surface area contributed by atoms with Gasteiger partial charge in [-0.25, -0.2) is 4.79 Å². The topological polar surface area (TPSA) is 101 Å². The van der Waals surface area contributed by atoms with Gasteiger partial charge >= 0.3 is 5.97 Å². The molecule has 0 aliphatic rings. The van der Waals surface area contributed by atoms with Gasteiger partial charge in [0.15, 0.2) is 0 Å². The Labute approximate surface area is 104 Å². The number of nitrogens with zero attached hydrogens (tertiary/aromatic N) is 1. The van der Waals surface area contributed by atoms with Crippen LogP contribution in [0.5, 0.6) is 11.8 Å². The molecule has 0 saturated heterocycles. The number of carbonyl (C=O) groups excluding carboxylic acids is 2. The van der Waals surface area contributed by atoms with E-state index in [2.05, 4.69) is 5.32 Å². The molecule has 1 aromatic heterocycles. The van der Waals surface area contributed by atoms with Crippen LogP contribution in [0.2, 0.25) is 0 Å². The molecule has 0 spiro atoms. The van der Waals surface area contributed by atoms with Crippen LogP contribution in [0.3, 0.4) is 0 Å². The fourth-order valence-electron chi connectivity index (χ4n) is 1.23. The van der Waals surface area contributed by atoms with E-state index in [1.165, 1.54) is 12.1 Å². The van der Waals surface area contributed by atoms with Crippen LogP contribution in [0, 0.1) is 0 Å². The number of nitrogens with one attached hydrogen (secondary N) is 1. The average Bonchev–Trinajstić information content (AvgIpc) is 2.66. The lowest BCUT2D eigenvalue weighted by atomic mass is 10.3. The van der Waals surface area contributed by atoms with Gasteiger partial charge in [0.25, 0.3) is 0 Å². The molecular formula is C11H16N2O5. The molecule has 7 nitrogen and oxygen atoms in total. The second-order valence-corrected chi connectivity index (χ2v) is 3.61. The Morgan fingerprint density at radius 2 is 1.94 bits per heavy atom. The Morgan fingerprint density at radius 1 is 1.33 bits per heavy atom. The van der Waals surface area contributed by atoms with Crippen molar-refractivity contribution in [2.45, 2.75) is 26.2 Å². The lowest BCUT2D eigenvalue weighted by Crippen LogP contribution is -2.25. The molecule has 0 atom stereocenters. The Morgan fingerprint density at radius 3 is 2.50 bits per heavy atom. The van der Waals surface area contributed by atoms with Crippen molar-refractivity contribution in [3.8, 4) is 11.8 Å². The van der Waals surface area contributed by atoms with Crippen molar-refractivity contribution in [3.05, 3.63) is 12.1 Å². The average molecular weight is 256 g/mol. The summed E-state index contributed by atoms with van der Waals surface area (Å²) in [4.78, 5) is 27.0. The van der Waals surface area contributed by atoms with Crippen molar-refractivity contribution in [1.29, 1.82) is 0 Å². The number of hydrogen-bond acceptors (Lipinski definition) is 5. The van der Waals surface area contributed by atoms with Gasteiger partial charge in [0.05, 0.1) is 0 Å². The second kappa shape index (κ2) is 6.53. The predicted molar refractivity (Wildman–Crippen MR) is 61.9 cm³/mol. The van der Waals surface area contributed by atoms with Crippen molar-refractivity contribution >= 4 is 11.9 Å². The summed E-state index contributed by atoms with van der Waals surface area (Å²) < 4.78 is 0.632. The molecule has 0 radical (unpaired) electrons. The molecular weight excluding hydrogens is 240 g/mol. The molecule has 0 aliphatic carbocycles. The number of aromatic hydroxyl groups is 2. The Balaban J connectivity index is 2.28. The Hall–Kier alpha value is -2.18. The van der Waals surface area contributed by atoms with Crippen LogP contribution in [0.4, 0.5) is 0 Å². The zero-order chi connectivity index (χ0) is 13.5. The summed E-state index contributed by atoms with van der Waals surface area (Å²) in [5.41, 5.74) is 0. The van der Waals surface area contributed by atoms with Crippen molar-refractivity contribution < 1.29 is 24.6 Å². The monoisotopic (exact) mass is 256 g/mol. The van der Waals surface area contributed by atoms with E-state index in [-0.39, 0.29) is 24.1 Å². The summed E-state index contributed by atoms with van der Waals surface area (Å²) in [6.45, 7) is 2.12. The third-order valence-electron chi connectivity index (χ3n) is 2.19. The van der Waals surface area contributed by atoms with Crippen molar-refractivity contribution in [2.24, 2.45) is 0 Å². The third-order valence-corrected chi connectivity index (χ3v) is 2.19. The van der Waals surface area contributed by atoms with Crippen LogP contribution in [0.15, 0.2) is 12.1 Å². The molecule has 1 rings (SSSR count). The molecule has 0 aliphatic heterocycles. The highest BCUT2D eigenvalue weighted by Gasteiger charge is 2.11. The van der Waals surface area contributed by atoms with Crippen LogP contribution in [0.1, 0.15) is 26.2 Å². The van der Waals surface area contributed by atoms with E-state index < -0.39 is 5.97 Å². The maximum Gasteiger partial charge on any atom is 0.333 e. The maximum atomic E-state index is 11.4. The normalized spacial score (nSPS) is 10.1. The largest absolute Gasteiger partial charge is 0.492 e. The van der Waals surface area contributed by atoms with E-state index in [1.54, 1.807) is 6.92 Å². The molecule has 1 amide bonds. The summed E-state index contributed by atoms with van der Waals surface area (Å²) in [6, 6.07) is 2.40. The summed E-state index contributed by atoms with van der Waals surface area (Å²) in [5, 5.41) is 21.1. The quantitative estimate of drug-likeness (QED) is 0.629. The smallest absolute Gasteiger partial charge is 0.333 e. The van der Waals surface area contributed by atoms with Gasteiger partial charge in [-0.1, -0.05) is 6.92 Å². The lowest BCUT2D eigenvalue weighted by Gasteiger charge is -2.07. The van der Waals surface area contributed by atoms with E-state index in [4.69, 9.17) is 4.84 Å². The van der Waals surface area contributed by atoms with Gasteiger partial charge < -0.3 is 20.4 Å². The molecule has 7 heteroatoms. The molecule has 0 unspecified atom stereocenters. The fourth-order valence-corrected chi connectivity index (χ4v) is 1.23. The van der Waals surface area contributed by atoms with Crippen molar-refractivity contribution in [1.82, 2.24) is 10.0 Å². The zero-order valence-electron chi connectivity index (χ0n) is 10.0. The third kappa shape index (κ3) is 4.00. The van der Waals surface area contributed by atoms with Gasteiger partial charge in [0, 0.05) is 31.5 Å². The zero-order valence-corrected chi connectivity index (χ0v) is 10.0. The molecule has 0 fully saturated rings. The van der Waals surface area contributed by atoms with Crippen molar-refractivity contribution in [3.63, 3.8) is 0 Å². The predicted octanol–water partition coefficient (Wildman–Crippen LogP) is 0.161. The highest BCUT2D eigenvalue weighted by Crippen LogP contribution is 2.18. The minimum Gasteiger partial charge on any atom is -0.492 e. The minimum atomic E-state index is -0.609. The molecule has 0 saturated carbocycles. The molecule has 3 N–H and O–H groups in total. The fraction of sp³-hybridized carbons (Fsp3) is 0.455. The van der Waals surface area contributed by atoms with Crippen LogP contribution >= 0.6 is 0 Å². The molecule has 0 aromatic carbocycles. The Bertz CT molecular complexity index is 408. The van der Waals surface area contributed by atoms with Gasteiger partial charge in [0.1, 0.15) is 0 Å². The van der Waals surface area contributed by atoms with E-state index in [9.17, 15) is 19.8 Å². The molecule has 0 bridgehead atoms. The van der Waals surface area contributed by atoms with E-state index >= 15 is 0 Å². The van der Waals surface area contributed by atoms with Crippen molar-refractivity contribution in [2.75, 3.05) is 6.54 Å². The van der Waals surface area contributed by atoms with Crippen LogP contribution in [-0.2, 0) is 9.59 Å². The molecule has 18 heavy (non-hydrogen) atoms.